The van der Waals surface area contributed by atoms with E-state index < -0.39 is 16.1 Å². The van der Waals surface area contributed by atoms with Gasteiger partial charge in [0.05, 0.1) is 16.7 Å². The van der Waals surface area contributed by atoms with Crippen LogP contribution in [0.15, 0.2) is 65.0 Å². The number of nitrogens with zero attached hydrogens (tertiary/aromatic N) is 3. The number of benzene rings is 1. The summed E-state index contributed by atoms with van der Waals surface area (Å²) >= 11 is 1.19. The van der Waals surface area contributed by atoms with Crippen molar-refractivity contribution in [2.45, 2.75) is 17.2 Å². The van der Waals surface area contributed by atoms with Gasteiger partial charge in [0, 0.05) is 25.0 Å². The number of aliphatic hydroxyl groups is 1. The van der Waals surface area contributed by atoms with E-state index in [-0.39, 0.29) is 0 Å². The van der Waals surface area contributed by atoms with Crippen LogP contribution in [0.4, 0.5) is 11.6 Å². The third-order valence-electron chi connectivity index (χ3n) is 4.49. The second-order valence-electron chi connectivity index (χ2n) is 6.60. The molecule has 1 unspecified atom stereocenters. The van der Waals surface area contributed by atoms with Gasteiger partial charge in [0.25, 0.3) is 10.0 Å². The summed E-state index contributed by atoms with van der Waals surface area (Å²) in [7, 11) is -3.49. The highest BCUT2D eigenvalue weighted by Crippen LogP contribution is 2.32. The normalized spacial score (nSPS) is 15.5. The van der Waals surface area contributed by atoms with Crippen molar-refractivity contribution in [3.05, 3.63) is 66.4 Å². The van der Waals surface area contributed by atoms with Crippen LogP contribution in [0.25, 0.3) is 10.6 Å². The number of sulfonamides is 1. The molecule has 1 atom stereocenters. The smallest absolute Gasteiger partial charge is 0.253 e. The monoisotopic (exact) mass is 428 g/mol. The number of hydrogen-bond donors (Lipinski definition) is 2. The summed E-state index contributed by atoms with van der Waals surface area (Å²) in [5.74, 6) is 0.395. The topological polar surface area (TPSA) is 95.4 Å². The second kappa shape index (κ2) is 8.03. The molecule has 29 heavy (non-hydrogen) atoms. The molecule has 150 valence electrons. The molecule has 3 aromatic rings. The van der Waals surface area contributed by atoms with Crippen molar-refractivity contribution in [3.8, 4) is 10.6 Å². The van der Waals surface area contributed by atoms with Gasteiger partial charge >= 0.3 is 0 Å². The molecule has 9 heteroatoms. The van der Waals surface area contributed by atoms with E-state index in [4.69, 9.17) is 0 Å². The van der Waals surface area contributed by atoms with Crippen LogP contribution >= 0.6 is 11.3 Å². The maximum Gasteiger partial charge on any atom is 0.253 e. The van der Waals surface area contributed by atoms with E-state index >= 15 is 0 Å². The van der Waals surface area contributed by atoms with E-state index in [9.17, 15) is 13.5 Å². The minimum absolute atomic E-state index is 0.300. The predicted molar refractivity (Wildman–Crippen MR) is 114 cm³/mol. The van der Waals surface area contributed by atoms with Crippen LogP contribution in [0.3, 0.4) is 0 Å². The van der Waals surface area contributed by atoms with Crippen LogP contribution in [0.1, 0.15) is 18.6 Å². The summed E-state index contributed by atoms with van der Waals surface area (Å²) in [5, 5.41) is 12.9. The number of thiophene rings is 1. The van der Waals surface area contributed by atoms with Crippen molar-refractivity contribution < 1.29 is 13.5 Å². The van der Waals surface area contributed by atoms with E-state index in [0.29, 0.717) is 28.9 Å². The molecule has 0 spiro atoms. The molecule has 0 radical (unpaired) electrons. The lowest BCUT2D eigenvalue weighted by Crippen LogP contribution is -2.27. The Bertz CT molecular complexity index is 1150. The molecule has 1 aromatic carbocycles. The lowest BCUT2D eigenvalue weighted by atomic mass is 10.1. The van der Waals surface area contributed by atoms with Gasteiger partial charge < -0.3 is 10.4 Å². The number of rotatable bonds is 6. The van der Waals surface area contributed by atoms with Gasteiger partial charge in [-0.25, -0.2) is 18.4 Å². The average Bonchev–Trinajstić information content (AvgIpc) is 3.41. The van der Waals surface area contributed by atoms with Gasteiger partial charge in [-0.1, -0.05) is 24.3 Å². The molecule has 2 N–H and O–H groups in total. The molecule has 3 heterocycles. The zero-order valence-electron chi connectivity index (χ0n) is 15.7. The molecule has 0 bridgehead atoms. The molecule has 0 amide bonds. The van der Waals surface area contributed by atoms with Crippen LogP contribution < -0.4 is 5.32 Å². The highest BCUT2D eigenvalue weighted by atomic mass is 32.2. The fraction of sp³-hybridized carbons (Fsp3) is 0.200. The Morgan fingerprint density at radius 1 is 1.17 bits per heavy atom. The van der Waals surface area contributed by atoms with Crippen molar-refractivity contribution in [3.63, 3.8) is 0 Å². The third-order valence-corrected chi connectivity index (χ3v) is 7.90. The largest absolute Gasteiger partial charge is 0.389 e. The van der Waals surface area contributed by atoms with Gasteiger partial charge in [0.15, 0.2) is 0 Å². The molecule has 0 aliphatic carbocycles. The van der Waals surface area contributed by atoms with Gasteiger partial charge in [0.1, 0.15) is 4.21 Å². The molecule has 1 aliphatic rings. The number of anilines is 2. The lowest BCUT2D eigenvalue weighted by Gasteiger charge is -2.13. The third kappa shape index (κ3) is 4.23. The second-order valence-corrected chi connectivity index (χ2v) is 9.85. The van der Waals surface area contributed by atoms with E-state index in [1.807, 2.05) is 36.4 Å². The van der Waals surface area contributed by atoms with E-state index in [1.165, 1.54) is 15.6 Å². The standard InChI is InChI=1S/C20H20N4O3S2/c1-14(25)15-5-4-6-16(13-15)22-20-21-10-9-17(23-20)18-7-8-19(28-18)29(26,27)24-11-2-3-12-24/h2-10,13-14,25H,11-12H2,1H3,(H,21,22,23). The first-order chi connectivity index (χ1) is 13.9. The molecule has 0 fully saturated rings. The Kier molecular flexibility index (Phi) is 5.46. The molecular weight excluding hydrogens is 408 g/mol. The zero-order chi connectivity index (χ0) is 20.4. The van der Waals surface area contributed by atoms with E-state index in [2.05, 4.69) is 15.3 Å². The summed E-state index contributed by atoms with van der Waals surface area (Å²) in [6.45, 7) is 2.52. The van der Waals surface area contributed by atoms with E-state index in [0.717, 1.165) is 16.1 Å². The van der Waals surface area contributed by atoms with Crippen molar-refractivity contribution in [2.24, 2.45) is 0 Å². The van der Waals surface area contributed by atoms with Crippen LogP contribution in [-0.2, 0) is 10.0 Å². The van der Waals surface area contributed by atoms with Crippen LogP contribution in [0, 0.1) is 0 Å². The minimum atomic E-state index is -3.49. The molecule has 0 saturated heterocycles. The van der Waals surface area contributed by atoms with Gasteiger partial charge in [-0.15, -0.1) is 11.3 Å². The maximum atomic E-state index is 12.7. The Morgan fingerprint density at radius 3 is 2.72 bits per heavy atom. The molecular formula is C20H20N4O3S2. The van der Waals surface area contributed by atoms with Crippen molar-refractivity contribution >= 4 is 33.0 Å². The maximum absolute atomic E-state index is 12.7. The quantitative estimate of drug-likeness (QED) is 0.583. The number of hydrogen-bond acceptors (Lipinski definition) is 7. The summed E-state index contributed by atoms with van der Waals surface area (Å²) in [6.07, 6.45) is 4.75. The average molecular weight is 429 g/mol. The Hall–Kier alpha value is -2.59. The zero-order valence-corrected chi connectivity index (χ0v) is 17.3. The fourth-order valence-corrected chi connectivity index (χ4v) is 5.71. The van der Waals surface area contributed by atoms with Crippen molar-refractivity contribution in [1.82, 2.24) is 14.3 Å². The highest BCUT2D eigenvalue weighted by Gasteiger charge is 2.26. The Labute approximate surface area is 173 Å². The van der Waals surface area contributed by atoms with Crippen molar-refractivity contribution in [1.29, 1.82) is 0 Å². The Morgan fingerprint density at radius 2 is 1.97 bits per heavy atom. The first-order valence-electron chi connectivity index (χ1n) is 9.07. The molecule has 2 aromatic heterocycles. The SMILES string of the molecule is CC(O)c1cccc(Nc2nccc(-c3ccc(S(=O)(=O)N4CC=CC4)s3)n2)c1. The summed E-state index contributed by atoms with van der Waals surface area (Å²) in [4.78, 5) is 9.50. The van der Waals surface area contributed by atoms with Gasteiger partial charge in [-0.3, -0.25) is 0 Å². The number of nitrogens with one attached hydrogen (secondary N) is 1. The lowest BCUT2D eigenvalue weighted by molar-refractivity contribution is 0.199. The molecule has 1 aliphatic heterocycles. The molecule has 7 nitrogen and oxygen atoms in total. The van der Waals surface area contributed by atoms with Crippen LogP contribution in [0.2, 0.25) is 0 Å². The van der Waals surface area contributed by atoms with Gasteiger partial charge in [-0.05, 0) is 42.8 Å². The summed E-state index contributed by atoms with van der Waals surface area (Å²) < 4.78 is 27.1. The van der Waals surface area contributed by atoms with Crippen LogP contribution in [-0.4, -0.2) is 40.9 Å². The number of aromatic nitrogens is 2. The fourth-order valence-electron chi connectivity index (χ4n) is 2.94. The first kappa shape index (κ1) is 19.7. The molecule has 4 rings (SSSR count). The summed E-state index contributed by atoms with van der Waals surface area (Å²) in [6, 6.07) is 12.5. The number of aliphatic hydroxyl groups excluding tert-OH is 1. The Balaban J connectivity index is 1.57. The first-order valence-corrected chi connectivity index (χ1v) is 11.3. The van der Waals surface area contributed by atoms with Crippen molar-refractivity contribution in [2.75, 3.05) is 18.4 Å². The minimum Gasteiger partial charge on any atom is -0.389 e. The van der Waals surface area contributed by atoms with Gasteiger partial charge in [0.2, 0.25) is 5.95 Å². The summed E-state index contributed by atoms with van der Waals surface area (Å²) in [5.41, 5.74) is 2.19. The predicted octanol–water partition coefficient (Wildman–Crippen LogP) is 3.56. The molecule has 0 saturated carbocycles. The van der Waals surface area contributed by atoms with Crippen LogP contribution in [0.5, 0.6) is 0 Å². The van der Waals surface area contributed by atoms with Gasteiger partial charge in [-0.2, -0.15) is 4.31 Å². The highest BCUT2D eigenvalue weighted by molar-refractivity contribution is 7.91. The van der Waals surface area contributed by atoms with E-state index in [1.54, 1.807) is 31.3 Å².